The van der Waals surface area contributed by atoms with Crippen LogP contribution in [0.5, 0.6) is 0 Å². The van der Waals surface area contributed by atoms with Gasteiger partial charge in [0.15, 0.2) is 5.82 Å². The third kappa shape index (κ3) is 2.28. The average molecular weight is 218 g/mol. The second-order valence-corrected chi connectivity index (χ2v) is 5.32. The van der Waals surface area contributed by atoms with E-state index in [2.05, 4.69) is 37.7 Å². The van der Waals surface area contributed by atoms with Crippen LogP contribution in [0.3, 0.4) is 0 Å². The smallest absolute Gasteiger partial charge is 0.233 e. The van der Waals surface area contributed by atoms with Crippen LogP contribution < -0.4 is 0 Å². The van der Waals surface area contributed by atoms with Crippen LogP contribution in [0.25, 0.3) is 0 Å². The quantitative estimate of drug-likeness (QED) is 0.570. The Balaban J connectivity index is 2.16. The van der Waals surface area contributed by atoms with Crippen LogP contribution in [0.15, 0.2) is 9.52 Å². The minimum atomic E-state index is -0.0639. The van der Waals surface area contributed by atoms with Gasteiger partial charge in [-0.15, -0.1) is 0 Å². The molecule has 0 N–H and O–H groups in total. The van der Waals surface area contributed by atoms with E-state index in [4.69, 9.17) is 4.52 Å². The van der Waals surface area contributed by atoms with Gasteiger partial charge in [-0.05, 0) is 5.21 Å². The molecule has 0 amide bonds. The van der Waals surface area contributed by atoms with E-state index in [1.807, 2.05) is 18.3 Å². The van der Waals surface area contributed by atoms with Gasteiger partial charge in [0.25, 0.3) is 0 Å². The first-order valence-corrected chi connectivity index (χ1v) is 5.51. The predicted molar refractivity (Wildman–Crippen MR) is 67.5 cm³/mol. The molecule has 0 aliphatic carbocycles. The molecule has 0 fully saturated rings. The zero-order valence-electron chi connectivity index (χ0n) is 10.3. The summed E-state index contributed by atoms with van der Waals surface area (Å²) < 4.78 is 5.32. The van der Waals surface area contributed by atoms with Crippen molar-refractivity contribution in [2.75, 3.05) is 20.1 Å². The summed E-state index contributed by atoms with van der Waals surface area (Å²) in [5.74, 6) is 1.69. The van der Waals surface area contributed by atoms with E-state index < -0.39 is 0 Å². The SMILES string of the molecule is BC(B)(C)c1noc(C2CN=CN(C)C2)n1. The zero-order valence-corrected chi connectivity index (χ0v) is 10.3. The molecule has 1 unspecified atom stereocenters. The minimum absolute atomic E-state index is 0.0639. The van der Waals surface area contributed by atoms with Gasteiger partial charge in [-0.3, -0.25) is 4.99 Å². The number of likely N-dealkylation sites (N-methyl/N-ethyl adjacent to an activating group) is 1. The van der Waals surface area contributed by atoms with Crippen LogP contribution in [0.1, 0.15) is 24.6 Å². The maximum absolute atomic E-state index is 5.32. The van der Waals surface area contributed by atoms with Crippen LogP contribution in [0.4, 0.5) is 0 Å². The van der Waals surface area contributed by atoms with Crippen molar-refractivity contribution in [2.24, 2.45) is 4.99 Å². The largest absolute Gasteiger partial charge is 0.365 e. The van der Waals surface area contributed by atoms with Crippen molar-refractivity contribution in [3.8, 4) is 0 Å². The molecule has 5 nitrogen and oxygen atoms in total. The molecular formula is C9H16B2N4O. The lowest BCUT2D eigenvalue weighted by atomic mass is 9.55. The van der Waals surface area contributed by atoms with Gasteiger partial charge in [0, 0.05) is 13.6 Å². The molecule has 1 atom stereocenters. The van der Waals surface area contributed by atoms with E-state index in [0.717, 1.165) is 18.9 Å². The van der Waals surface area contributed by atoms with E-state index in [1.165, 1.54) is 0 Å². The highest BCUT2D eigenvalue weighted by atomic mass is 16.5. The summed E-state index contributed by atoms with van der Waals surface area (Å²) in [6.07, 6.45) is 1.84. The van der Waals surface area contributed by atoms with Crippen LogP contribution >= 0.6 is 0 Å². The van der Waals surface area contributed by atoms with Crippen molar-refractivity contribution in [3.05, 3.63) is 11.7 Å². The van der Waals surface area contributed by atoms with Gasteiger partial charge in [-0.1, -0.05) is 12.1 Å². The number of aromatic nitrogens is 2. The molecule has 0 aromatic carbocycles. The van der Waals surface area contributed by atoms with Crippen molar-refractivity contribution < 1.29 is 4.52 Å². The van der Waals surface area contributed by atoms with E-state index >= 15 is 0 Å². The van der Waals surface area contributed by atoms with Crippen LogP contribution in [0, 0.1) is 0 Å². The second kappa shape index (κ2) is 3.96. The maximum atomic E-state index is 5.32. The standard InChI is InChI=1S/C9H16B2N4O/c1-9(10,11)8-13-7(16-14-8)6-3-12-5-15(2)4-6/h5-6H,3-4,10-11H2,1-2H3. The van der Waals surface area contributed by atoms with E-state index in [-0.39, 0.29) is 11.1 Å². The van der Waals surface area contributed by atoms with Crippen molar-refractivity contribution in [2.45, 2.75) is 18.1 Å². The molecule has 1 aromatic heterocycles. The van der Waals surface area contributed by atoms with Gasteiger partial charge in [-0.25, -0.2) is 0 Å². The first kappa shape index (κ1) is 11.2. The lowest BCUT2D eigenvalue weighted by Crippen LogP contribution is -2.29. The summed E-state index contributed by atoms with van der Waals surface area (Å²) in [5, 5.41) is 3.97. The molecule has 7 heteroatoms. The fraction of sp³-hybridized carbons (Fsp3) is 0.667. The van der Waals surface area contributed by atoms with Gasteiger partial charge >= 0.3 is 0 Å². The van der Waals surface area contributed by atoms with Crippen molar-refractivity contribution in [1.82, 2.24) is 15.0 Å². The Kier molecular flexibility index (Phi) is 2.78. The fourth-order valence-corrected chi connectivity index (χ4v) is 1.63. The average Bonchev–Trinajstić information content (AvgIpc) is 2.65. The zero-order chi connectivity index (χ0) is 11.8. The van der Waals surface area contributed by atoms with E-state index in [0.29, 0.717) is 5.89 Å². The Bertz CT molecular complexity index is 398. The maximum Gasteiger partial charge on any atom is 0.233 e. The Hall–Kier alpha value is -1.26. The summed E-state index contributed by atoms with van der Waals surface area (Å²) in [6.45, 7) is 3.69. The molecule has 1 aliphatic heterocycles. The molecular weight excluding hydrogens is 202 g/mol. The molecule has 0 saturated carbocycles. The predicted octanol–water partition coefficient (Wildman–Crippen LogP) is -1.43. The normalized spacial score (nSPS) is 21.4. The van der Waals surface area contributed by atoms with Crippen LogP contribution in [0.2, 0.25) is 0 Å². The Morgan fingerprint density at radius 3 is 2.88 bits per heavy atom. The molecule has 16 heavy (non-hydrogen) atoms. The lowest BCUT2D eigenvalue weighted by molar-refractivity contribution is 0.321. The van der Waals surface area contributed by atoms with Gasteiger partial charge in [0.2, 0.25) is 5.89 Å². The highest BCUT2D eigenvalue weighted by molar-refractivity contribution is 6.39. The second-order valence-electron chi connectivity index (χ2n) is 5.32. The molecule has 2 heterocycles. The molecule has 1 aromatic rings. The highest BCUT2D eigenvalue weighted by Gasteiger charge is 2.26. The van der Waals surface area contributed by atoms with Crippen molar-refractivity contribution >= 4 is 22.0 Å². The minimum Gasteiger partial charge on any atom is -0.365 e. The summed E-state index contributed by atoms with van der Waals surface area (Å²) in [5.41, 5.74) is 0. The Morgan fingerprint density at radius 1 is 1.56 bits per heavy atom. The highest BCUT2D eigenvalue weighted by Crippen LogP contribution is 2.20. The third-order valence-corrected chi connectivity index (χ3v) is 2.57. The molecule has 0 bridgehead atoms. The number of hydrogen-bond donors (Lipinski definition) is 0. The van der Waals surface area contributed by atoms with E-state index in [9.17, 15) is 0 Å². The first-order valence-electron chi connectivity index (χ1n) is 5.51. The van der Waals surface area contributed by atoms with Crippen LogP contribution in [-0.2, 0) is 5.21 Å². The molecule has 0 saturated heterocycles. The summed E-state index contributed by atoms with van der Waals surface area (Å²) in [4.78, 5) is 10.8. The van der Waals surface area contributed by atoms with Gasteiger partial charge < -0.3 is 9.42 Å². The number of aliphatic imine (C=N–C) groups is 1. The molecule has 84 valence electrons. The molecule has 2 rings (SSSR count). The molecule has 0 radical (unpaired) electrons. The monoisotopic (exact) mass is 218 g/mol. The number of rotatable bonds is 2. The summed E-state index contributed by atoms with van der Waals surface area (Å²) >= 11 is 0. The van der Waals surface area contributed by atoms with E-state index in [1.54, 1.807) is 0 Å². The number of nitrogens with zero attached hydrogens (tertiary/aromatic N) is 4. The van der Waals surface area contributed by atoms with Gasteiger partial charge in [0.05, 0.1) is 18.8 Å². The fourth-order valence-electron chi connectivity index (χ4n) is 1.63. The topological polar surface area (TPSA) is 54.5 Å². The van der Waals surface area contributed by atoms with Gasteiger partial charge in [-0.2, -0.15) is 4.98 Å². The Labute approximate surface area is 97.1 Å². The summed E-state index contributed by atoms with van der Waals surface area (Å²) in [7, 11) is 6.15. The lowest BCUT2D eigenvalue weighted by Gasteiger charge is -2.22. The van der Waals surface area contributed by atoms with Crippen molar-refractivity contribution in [3.63, 3.8) is 0 Å². The van der Waals surface area contributed by atoms with Crippen molar-refractivity contribution in [1.29, 1.82) is 0 Å². The molecule has 1 aliphatic rings. The molecule has 0 spiro atoms. The first-order chi connectivity index (χ1) is 7.47. The van der Waals surface area contributed by atoms with Crippen LogP contribution in [-0.4, -0.2) is 57.2 Å². The van der Waals surface area contributed by atoms with Gasteiger partial charge in [0.1, 0.15) is 15.7 Å². The number of hydrogen-bond acceptors (Lipinski definition) is 5. The third-order valence-electron chi connectivity index (χ3n) is 2.57. The Morgan fingerprint density at radius 2 is 2.31 bits per heavy atom. The summed E-state index contributed by atoms with van der Waals surface area (Å²) in [6, 6.07) is 0.